The maximum absolute atomic E-state index is 11.8. The molecular formula is C12H14N4O2S. The fourth-order valence-electron chi connectivity index (χ4n) is 2.42. The zero-order valence-corrected chi connectivity index (χ0v) is 11.3. The molecule has 1 saturated heterocycles. The molecule has 0 spiro atoms. The first kappa shape index (κ1) is 12.3. The minimum Gasteiger partial charge on any atom is -0.466 e. The van der Waals surface area contributed by atoms with Crippen molar-refractivity contribution in [1.82, 2.24) is 9.88 Å². The van der Waals surface area contributed by atoms with Crippen LogP contribution in [-0.4, -0.2) is 47.9 Å². The number of hydrogen-bond acceptors (Lipinski definition) is 7. The molecule has 2 aliphatic rings. The lowest BCUT2D eigenvalue weighted by Crippen LogP contribution is -2.35. The normalized spacial score (nSPS) is 22.3. The number of carbonyl (C=O) groups excluding carboxylic acids is 1. The van der Waals surface area contributed by atoms with Crippen LogP contribution in [0.5, 0.6) is 0 Å². The zero-order chi connectivity index (χ0) is 13.4. The molecule has 3 rings (SSSR count). The van der Waals surface area contributed by atoms with Crippen LogP contribution in [0.15, 0.2) is 27.8 Å². The van der Waals surface area contributed by atoms with E-state index >= 15 is 0 Å². The first-order chi connectivity index (χ1) is 9.20. The summed E-state index contributed by atoms with van der Waals surface area (Å²) in [6, 6.07) is 0.0120. The van der Waals surface area contributed by atoms with E-state index in [1.165, 1.54) is 18.4 Å². The summed E-state index contributed by atoms with van der Waals surface area (Å²) in [7, 11) is 1.38. The predicted molar refractivity (Wildman–Crippen MR) is 71.9 cm³/mol. The molecule has 3 heterocycles. The Morgan fingerprint density at radius 1 is 1.63 bits per heavy atom. The third-order valence-electron chi connectivity index (χ3n) is 3.24. The average molecular weight is 278 g/mol. The molecule has 2 aliphatic heterocycles. The fraction of sp³-hybridized carbons (Fsp3) is 0.417. The predicted octanol–water partition coefficient (Wildman–Crippen LogP) is 0.363. The molecular weight excluding hydrogens is 264 g/mol. The number of ether oxygens (including phenoxy) is 1. The number of fused-ring (bicyclic) bond motifs is 1. The van der Waals surface area contributed by atoms with Crippen LogP contribution in [0.1, 0.15) is 11.4 Å². The fourth-order valence-corrected chi connectivity index (χ4v) is 3.07. The Balaban J connectivity index is 1.99. The summed E-state index contributed by atoms with van der Waals surface area (Å²) in [5.74, 6) is 0.488. The van der Waals surface area contributed by atoms with Crippen LogP contribution in [0.3, 0.4) is 0 Å². The molecule has 1 atom stereocenters. The van der Waals surface area contributed by atoms with Gasteiger partial charge in [0, 0.05) is 36.3 Å². The second-order valence-electron chi connectivity index (χ2n) is 4.47. The molecule has 0 amide bonds. The largest absolute Gasteiger partial charge is 0.466 e. The van der Waals surface area contributed by atoms with Crippen molar-refractivity contribution in [2.75, 3.05) is 20.2 Å². The molecule has 6 nitrogen and oxygen atoms in total. The number of amidine groups is 1. The van der Waals surface area contributed by atoms with E-state index in [-0.39, 0.29) is 12.0 Å². The van der Waals surface area contributed by atoms with Gasteiger partial charge in [-0.25, -0.2) is 9.78 Å². The highest BCUT2D eigenvalue weighted by molar-refractivity contribution is 7.11. The summed E-state index contributed by atoms with van der Waals surface area (Å²) in [6.45, 7) is 0.994. The molecule has 0 bridgehead atoms. The lowest BCUT2D eigenvalue weighted by atomic mass is 10.1. The van der Waals surface area contributed by atoms with Crippen LogP contribution in [0.2, 0.25) is 0 Å². The van der Waals surface area contributed by atoms with Gasteiger partial charge in [-0.05, 0) is 0 Å². The molecule has 0 saturated carbocycles. The molecule has 0 radical (unpaired) electrons. The van der Waals surface area contributed by atoms with E-state index in [9.17, 15) is 4.79 Å². The topological polar surface area (TPSA) is 80.8 Å². The smallest absolute Gasteiger partial charge is 0.337 e. The van der Waals surface area contributed by atoms with E-state index in [1.54, 1.807) is 6.20 Å². The Hall–Kier alpha value is -1.73. The van der Waals surface area contributed by atoms with E-state index in [2.05, 4.69) is 9.98 Å². The van der Waals surface area contributed by atoms with Crippen LogP contribution in [-0.2, 0) is 9.53 Å². The van der Waals surface area contributed by atoms with Crippen molar-refractivity contribution in [3.8, 4) is 0 Å². The monoisotopic (exact) mass is 278 g/mol. The first-order valence-electron chi connectivity index (χ1n) is 5.98. The van der Waals surface area contributed by atoms with Crippen LogP contribution < -0.4 is 5.73 Å². The standard InChI is InChI=1S/C12H14N4O2S/c1-18-12(17)8-5-15-10(11-14-2-3-19-11)16-6-7(13)4-9(8)16/h2-3,7H,4-6,13H2,1H3. The molecule has 19 heavy (non-hydrogen) atoms. The second-order valence-corrected chi connectivity index (χ2v) is 5.36. The number of esters is 1. The van der Waals surface area contributed by atoms with Crippen molar-refractivity contribution in [3.63, 3.8) is 0 Å². The van der Waals surface area contributed by atoms with Crippen LogP contribution >= 0.6 is 11.3 Å². The van der Waals surface area contributed by atoms with Gasteiger partial charge >= 0.3 is 5.97 Å². The number of hydrogen-bond donors (Lipinski definition) is 1. The highest BCUT2D eigenvalue weighted by atomic mass is 32.1. The van der Waals surface area contributed by atoms with Crippen molar-refractivity contribution in [2.24, 2.45) is 10.7 Å². The van der Waals surface area contributed by atoms with E-state index in [0.29, 0.717) is 25.1 Å². The number of nitrogens with zero attached hydrogens (tertiary/aromatic N) is 3. The maximum atomic E-state index is 11.8. The minimum atomic E-state index is -0.323. The Labute approximate surface area is 114 Å². The average Bonchev–Trinajstić information content (AvgIpc) is 3.04. The first-order valence-corrected chi connectivity index (χ1v) is 6.86. The number of thiazole rings is 1. The van der Waals surface area contributed by atoms with Gasteiger partial charge in [-0.2, -0.15) is 0 Å². The molecule has 7 heteroatoms. The van der Waals surface area contributed by atoms with Crippen molar-refractivity contribution >= 4 is 23.1 Å². The van der Waals surface area contributed by atoms with Gasteiger partial charge < -0.3 is 15.4 Å². The Morgan fingerprint density at radius 3 is 3.16 bits per heavy atom. The molecule has 1 aromatic heterocycles. The van der Waals surface area contributed by atoms with Crippen molar-refractivity contribution in [3.05, 3.63) is 27.9 Å². The highest BCUT2D eigenvalue weighted by Crippen LogP contribution is 2.30. The molecule has 1 unspecified atom stereocenters. The molecule has 2 N–H and O–H groups in total. The maximum Gasteiger partial charge on any atom is 0.337 e. The van der Waals surface area contributed by atoms with E-state index in [4.69, 9.17) is 10.5 Å². The van der Waals surface area contributed by atoms with Gasteiger partial charge in [-0.1, -0.05) is 0 Å². The highest BCUT2D eigenvalue weighted by Gasteiger charge is 2.36. The number of rotatable bonds is 2. The van der Waals surface area contributed by atoms with Crippen molar-refractivity contribution < 1.29 is 9.53 Å². The number of nitrogens with two attached hydrogens (primary N) is 1. The molecule has 0 aliphatic carbocycles. The summed E-state index contributed by atoms with van der Waals surface area (Å²) in [5.41, 5.74) is 7.55. The number of methoxy groups -OCH3 is 1. The third kappa shape index (κ3) is 2.04. The Morgan fingerprint density at radius 2 is 2.47 bits per heavy atom. The summed E-state index contributed by atoms with van der Waals surface area (Å²) in [6.07, 6.45) is 2.42. The summed E-state index contributed by atoms with van der Waals surface area (Å²) < 4.78 is 4.81. The lowest BCUT2D eigenvalue weighted by Gasteiger charge is -2.26. The van der Waals surface area contributed by atoms with Crippen LogP contribution in [0.25, 0.3) is 0 Å². The number of carbonyl (C=O) groups is 1. The summed E-state index contributed by atoms with van der Waals surface area (Å²) in [5, 5.41) is 2.77. The van der Waals surface area contributed by atoms with Crippen LogP contribution in [0.4, 0.5) is 0 Å². The van der Waals surface area contributed by atoms with Gasteiger partial charge in [0.2, 0.25) is 0 Å². The molecule has 100 valence electrons. The SMILES string of the molecule is COC(=O)C1=C2CC(N)CN2C(c2nccs2)=NC1. The number of aromatic nitrogens is 1. The van der Waals surface area contributed by atoms with Gasteiger partial charge in [0.15, 0.2) is 10.8 Å². The summed E-state index contributed by atoms with van der Waals surface area (Å²) in [4.78, 5) is 22.5. The van der Waals surface area contributed by atoms with Crippen molar-refractivity contribution in [2.45, 2.75) is 12.5 Å². The molecule has 0 aromatic carbocycles. The van der Waals surface area contributed by atoms with Gasteiger partial charge in [0.25, 0.3) is 0 Å². The van der Waals surface area contributed by atoms with E-state index in [1.807, 2.05) is 10.3 Å². The Kier molecular flexibility index (Phi) is 3.08. The quantitative estimate of drug-likeness (QED) is 0.790. The van der Waals surface area contributed by atoms with Gasteiger partial charge in [-0.3, -0.25) is 4.99 Å². The molecule has 1 aromatic rings. The summed E-state index contributed by atoms with van der Waals surface area (Å²) >= 11 is 1.53. The minimum absolute atomic E-state index is 0.0120. The second kappa shape index (κ2) is 4.75. The Bertz CT molecular complexity index is 564. The van der Waals surface area contributed by atoms with Gasteiger partial charge in [-0.15, -0.1) is 11.3 Å². The number of aliphatic imine (C=N–C) groups is 1. The van der Waals surface area contributed by atoms with Crippen LogP contribution in [0, 0.1) is 0 Å². The molecule has 1 fully saturated rings. The zero-order valence-electron chi connectivity index (χ0n) is 10.5. The van der Waals surface area contributed by atoms with E-state index in [0.717, 1.165) is 16.5 Å². The van der Waals surface area contributed by atoms with Crippen molar-refractivity contribution in [1.29, 1.82) is 0 Å². The third-order valence-corrected chi connectivity index (χ3v) is 4.01. The van der Waals surface area contributed by atoms with Gasteiger partial charge in [0.05, 0.1) is 19.2 Å². The van der Waals surface area contributed by atoms with Gasteiger partial charge in [0.1, 0.15) is 0 Å². The lowest BCUT2D eigenvalue weighted by molar-refractivity contribution is -0.136. The van der Waals surface area contributed by atoms with E-state index < -0.39 is 0 Å².